The third-order valence-corrected chi connectivity index (χ3v) is 4.29. The smallest absolute Gasteiger partial charge is 0.306 e. The molecule has 0 radical (unpaired) electrons. The van der Waals surface area contributed by atoms with Crippen LogP contribution in [0.4, 0.5) is 0 Å². The summed E-state index contributed by atoms with van der Waals surface area (Å²) in [6, 6.07) is 13.1. The number of pyridine rings is 1. The van der Waals surface area contributed by atoms with Gasteiger partial charge in [-0.25, -0.2) is 4.98 Å². The standard InChI is InChI=1S/C20H17ClN2O4/c1-13-3-2-4-18-22-16(11-19(25)23(13)18)12-27-20(26)10-9-17(24)14-5-7-15(21)8-6-14/h2-8,11H,9-10,12H2,1H3. The normalized spacial score (nSPS) is 10.7. The Bertz CT molecular complexity index is 1060. The highest BCUT2D eigenvalue weighted by Gasteiger charge is 2.11. The number of halogens is 1. The predicted molar refractivity (Wildman–Crippen MR) is 101 cm³/mol. The molecule has 2 heterocycles. The zero-order valence-electron chi connectivity index (χ0n) is 14.6. The summed E-state index contributed by atoms with van der Waals surface area (Å²) in [7, 11) is 0. The van der Waals surface area contributed by atoms with Crippen LogP contribution in [0.25, 0.3) is 5.65 Å². The molecule has 0 aliphatic carbocycles. The van der Waals surface area contributed by atoms with Crippen molar-refractivity contribution in [3.63, 3.8) is 0 Å². The quantitative estimate of drug-likeness (QED) is 0.481. The molecule has 0 N–H and O–H groups in total. The highest BCUT2D eigenvalue weighted by molar-refractivity contribution is 6.30. The fraction of sp³-hybridized carbons (Fsp3) is 0.200. The number of hydrogen-bond acceptors (Lipinski definition) is 5. The van der Waals surface area contributed by atoms with Gasteiger partial charge in [0.2, 0.25) is 0 Å². The Morgan fingerprint density at radius 2 is 1.85 bits per heavy atom. The number of carbonyl (C=O) groups excluding carboxylic acids is 2. The monoisotopic (exact) mass is 384 g/mol. The first-order valence-electron chi connectivity index (χ1n) is 8.37. The van der Waals surface area contributed by atoms with Crippen molar-refractivity contribution in [1.29, 1.82) is 0 Å². The summed E-state index contributed by atoms with van der Waals surface area (Å²) in [6.45, 7) is 1.70. The molecule has 0 aliphatic rings. The Hall–Kier alpha value is -2.99. The Morgan fingerprint density at radius 3 is 2.59 bits per heavy atom. The molecule has 1 aromatic carbocycles. The topological polar surface area (TPSA) is 77.7 Å². The molecule has 0 saturated carbocycles. The van der Waals surface area contributed by atoms with Gasteiger partial charge in [-0.2, -0.15) is 0 Å². The number of nitrogens with zero attached hydrogens (tertiary/aromatic N) is 2. The first-order valence-corrected chi connectivity index (χ1v) is 8.74. The molecule has 0 aliphatic heterocycles. The zero-order valence-corrected chi connectivity index (χ0v) is 15.4. The number of ether oxygens (including phenoxy) is 1. The average molecular weight is 385 g/mol. The lowest BCUT2D eigenvalue weighted by atomic mass is 10.1. The highest BCUT2D eigenvalue weighted by atomic mass is 35.5. The van der Waals surface area contributed by atoms with Crippen molar-refractivity contribution in [2.24, 2.45) is 0 Å². The van der Waals surface area contributed by atoms with Gasteiger partial charge in [-0.15, -0.1) is 0 Å². The van der Waals surface area contributed by atoms with E-state index in [1.165, 1.54) is 10.5 Å². The Labute approximate surface area is 160 Å². The van der Waals surface area contributed by atoms with Gasteiger partial charge in [-0.1, -0.05) is 17.7 Å². The number of fused-ring (bicyclic) bond motifs is 1. The molecule has 0 saturated heterocycles. The second-order valence-corrected chi connectivity index (χ2v) is 6.47. The van der Waals surface area contributed by atoms with E-state index < -0.39 is 5.97 Å². The van der Waals surface area contributed by atoms with Gasteiger partial charge in [0, 0.05) is 28.8 Å². The van der Waals surface area contributed by atoms with Crippen LogP contribution < -0.4 is 5.56 Å². The summed E-state index contributed by atoms with van der Waals surface area (Å²) >= 11 is 5.78. The molecule has 0 bridgehead atoms. The minimum Gasteiger partial charge on any atom is -0.459 e. The number of Topliss-reactive ketones (excluding diaryl/α,β-unsaturated/α-hetero) is 1. The first-order chi connectivity index (χ1) is 12.9. The number of rotatable bonds is 6. The van der Waals surface area contributed by atoms with E-state index >= 15 is 0 Å². The fourth-order valence-corrected chi connectivity index (χ4v) is 2.79. The number of hydrogen-bond donors (Lipinski definition) is 0. The number of aromatic nitrogens is 2. The average Bonchev–Trinajstić information content (AvgIpc) is 2.65. The van der Waals surface area contributed by atoms with Gasteiger partial charge in [0.15, 0.2) is 5.78 Å². The molecular formula is C20H17ClN2O4. The minimum atomic E-state index is -0.524. The van der Waals surface area contributed by atoms with Crippen molar-refractivity contribution in [1.82, 2.24) is 9.38 Å². The van der Waals surface area contributed by atoms with Crippen molar-refractivity contribution in [3.05, 3.63) is 80.9 Å². The molecule has 0 spiro atoms. The van der Waals surface area contributed by atoms with Crippen molar-refractivity contribution in [2.45, 2.75) is 26.4 Å². The van der Waals surface area contributed by atoms with E-state index in [0.29, 0.717) is 21.9 Å². The lowest BCUT2D eigenvalue weighted by Crippen LogP contribution is -2.18. The number of esters is 1. The van der Waals surface area contributed by atoms with Gasteiger partial charge in [0.05, 0.1) is 12.1 Å². The van der Waals surface area contributed by atoms with Crippen LogP contribution in [0, 0.1) is 6.92 Å². The van der Waals surface area contributed by atoms with E-state index in [9.17, 15) is 14.4 Å². The Balaban J connectivity index is 1.58. The summed E-state index contributed by atoms with van der Waals surface area (Å²) in [5.74, 6) is -0.690. The van der Waals surface area contributed by atoms with Gasteiger partial charge in [-0.05, 0) is 43.3 Å². The molecule has 0 atom stereocenters. The van der Waals surface area contributed by atoms with E-state index in [4.69, 9.17) is 16.3 Å². The number of benzene rings is 1. The van der Waals surface area contributed by atoms with Crippen LogP contribution in [0.5, 0.6) is 0 Å². The van der Waals surface area contributed by atoms with Crippen molar-refractivity contribution in [2.75, 3.05) is 0 Å². The molecule has 7 heteroatoms. The van der Waals surface area contributed by atoms with Crippen LogP contribution in [0.1, 0.15) is 34.6 Å². The fourth-order valence-electron chi connectivity index (χ4n) is 2.66. The van der Waals surface area contributed by atoms with Gasteiger partial charge < -0.3 is 4.74 Å². The van der Waals surface area contributed by atoms with Gasteiger partial charge in [0.25, 0.3) is 5.56 Å². The number of carbonyl (C=O) groups is 2. The van der Waals surface area contributed by atoms with Crippen molar-refractivity contribution >= 4 is 29.0 Å². The molecule has 3 rings (SSSR count). The van der Waals surface area contributed by atoms with Gasteiger partial charge in [-0.3, -0.25) is 18.8 Å². The van der Waals surface area contributed by atoms with E-state index in [1.807, 2.05) is 13.0 Å². The highest BCUT2D eigenvalue weighted by Crippen LogP contribution is 2.12. The maximum Gasteiger partial charge on any atom is 0.306 e. The molecule has 0 unspecified atom stereocenters. The molecule has 27 heavy (non-hydrogen) atoms. The van der Waals surface area contributed by atoms with E-state index in [2.05, 4.69) is 4.98 Å². The van der Waals surface area contributed by atoms with Crippen LogP contribution in [0.2, 0.25) is 5.02 Å². The number of ketones is 1. The van der Waals surface area contributed by atoms with Crippen LogP contribution in [-0.2, 0) is 16.1 Å². The molecule has 2 aromatic heterocycles. The molecule has 0 amide bonds. The van der Waals surface area contributed by atoms with E-state index in [-0.39, 0.29) is 30.8 Å². The Kier molecular flexibility index (Phi) is 5.66. The predicted octanol–water partition coefficient (Wildman–Crippen LogP) is 3.36. The molecule has 3 aromatic rings. The summed E-state index contributed by atoms with van der Waals surface area (Å²) in [6.07, 6.45) is -0.0133. The second-order valence-electron chi connectivity index (χ2n) is 6.04. The third kappa shape index (κ3) is 4.60. The summed E-state index contributed by atoms with van der Waals surface area (Å²) in [5, 5.41) is 0.542. The van der Waals surface area contributed by atoms with Gasteiger partial charge in [0.1, 0.15) is 12.3 Å². The maximum atomic E-state index is 12.2. The van der Waals surface area contributed by atoms with E-state index in [0.717, 1.165) is 5.69 Å². The number of aryl methyl sites for hydroxylation is 1. The second kappa shape index (κ2) is 8.14. The third-order valence-electron chi connectivity index (χ3n) is 4.04. The minimum absolute atomic E-state index is 0.0352. The molecule has 138 valence electrons. The Morgan fingerprint density at radius 1 is 1.11 bits per heavy atom. The zero-order chi connectivity index (χ0) is 19.4. The van der Waals surface area contributed by atoms with Crippen LogP contribution in [0.15, 0.2) is 53.3 Å². The maximum absolute atomic E-state index is 12.2. The summed E-state index contributed by atoms with van der Waals surface area (Å²) in [4.78, 5) is 40.5. The van der Waals surface area contributed by atoms with E-state index in [1.54, 1.807) is 36.4 Å². The van der Waals surface area contributed by atoms with Crippen LogP contribution >= 0.6 is 11.6 Å². The SMILES string of the molecule is Cc1cccc2nc(COC(=O)CCC(=O)c3ccc(Cl)cc3)cc(=O)n12. The summed E-state index contributed by atoms with van der Waals surface area (Å²) < 4.78 is 6.63. The molecular weight excluding hydrogens is 368 g/mol. The van der Waals surface area contributed by atoms with Crippen molar-refractivity contribution in [3.8, 4) is 0 Å². The first kappa shape index (κ1) is 18.8. The van der Waals surface area contributed by atoms with Gasteiger partial charge >= 0.3 is 5.97 Å². The lowest BCUT2D eigenvalue weighted by molar-refractivity contribution is -0.145. The largest absolute Gasteiger partial charge is 0.459 e. The van der Waals surface area contributed by atoms with Crippen molar-refractivity contribution < 1.29 is 14.3 Å². The lowest BCUT2D eigenvalue weighted by Gasteiger charge is -2.07. The molecule has 0 fully saturated rings. The van der Waals surface area contributed by atoms with Crippen LogP contribution in [0.3, 0.4) is 0 Å². The van der Waals surface area contributed by atoms with Crippen LogP contribution in [-0.4, -0.2) is 21.1 Å². The summed E-state index contributed by atoms with van der Waals surface area (Å²) in [5.41, 5.74) is 1.89. The molecule has 6 nitrogen and oxygen atoms in total.